The minimum atomic E-state index is -3.93. The third kappa shape index (κ3) is 5.29. The molecular formula is C30H22N2O4S3. The van der Waals surface area contributed by atoms with Gasteiger partial charge in [0.05, 0.1) is 25.7 Å². The topological polar surface area (TPSA) is 88.5 Å². The Morgan fingerprint density at radius 2 is 1.49 bits per heavy atom. The Kier molecular flexibility index (Phi) is 6.64. The molecule has 0 saturated carbocycles. The van der Waals surface area contributed by atoms with Gasteiger partial charge in [-0.3, -0.25) is 4.72 Å². The third-order valence-electron chi connectivity index (χ3n) is 6.09. The number of phenols is 1. The number of hydrogen-bond donors (Lipinski definition) is 2. The maximum absolute atomic E-state index is 13.4. The van der Waals surface area contributed by atoms with E-state index < -0.39 is 10.0 Å². The number of fused-ring (bicyclic) bond motifs is 2. The van der Waals surface area contributed by atoms with Crippen LogP contribution in [0.25, 0.3) is 21.0 Å². The second-order valence-corrected chi connectivity index (χ2v) is 12.9. The molecule has 39 heavy (non-hydrogen) atoms. The van der Waals surface area contributed by atoms with E-state index in [2.05, 4.69) is 9.71 Å². The zero-order chi connectivity index (χ0) is 27.0. The van der Waals surface area contributed by atoms with Gasteiger partial charge in [-0.1, -0.05) is 65.9 Å². The summed E-state index contributed by atoms with van der Waals surface area (Å²) < 4.78 is 37.1. The molecule has 6 nitrogen and oxygen atoms in total. The highest BCUT2D eigenvalue weighted by Gasteiger charge is 2.20. The number of aromatic hydroxyl groups is 1. The molecule has 1 heterocycles. The normalized spacial score (nSPS) is 11.6. The minimum absolute atomic E-state index is 0.0791. The number of para-hydroxylation sites is 1. The Bertz CT molecular complexity index is 1880. The summed E-state index contributed by atoms with van der Waals surface area (Å²) in [5.41, 5.74) is 2.37. The van der Waals surface area contributed by atoms with Crippen LogP contribution in [0.3, 0.4) is 0 Å². The number of rotatable bonds is 7. The number of nitrogens with one attached hydrogen (secondary N) is 1. The van der Waals surface area contributed by atoms with Crippen molar-refractivity contribution in [3.63, 3.8) is 0 Å². The van der Waals surface area contributed by atoms with Crippen molar-refractivity contribution in [2.45, 2.75) is 21.1 Å². The number of aryl methyl sites for hydroxylation is 1. The largest absolute Gasteiger partial charge is 0.506 e. The Morgan fingerprint density at radius 3 is 2.21 bits per heavy atom. The lowest BCUT2D eigenvalue weighted by Crippen LogP contribution is -2.13. The van der Waals surface area contributed by atoms with Gasteiger partial charge in [-0.25, -0.2) is 13.4 Å². The number of anilines is 1. The van der Waals surface area contributed by atoms with Gasteiger partial charge in [-0.05, 0) is 61.5 Å². The Labute approximate surface area is 234 Å². The minimum Gasteiger partial charge on any atom is -0.506 e. The fourth-order valence-corrected chi connectivity index (χ4v) is 7.31. The van der Waals surface area contributed by atoms with Gasteiger partial charge in [0.15, 0.2) is 4.34 Å². The van der Waals surface area contributed by atoms with Crippen LogP contribution in [0.4, 0.5) is 5.69 Å². The fraction of sp³-hybridized carbons (Fsp3) is 0.0333. The summed E-state index contributed by atoms with van der Waals surface area (Å²) >= 11 is 2.82. The molecule has 194 valence electrons. The summed E-state index contributed by atoms with van der Waals surface area (Å²) in [6.45, 7) is 2.00. The number of sulfonamides is 1. The van der Waals surface area contributed by atoms with Gasteiger partial charge in [0, 0.05) is 10.8 Å². The van der Waals surface area contributed by atoms with E-state index in [4.69, 9.17) is 4.74 Å². The van der Waals surface area contributed by atoms with E-state index in [1.807, 2.05) is 55.5 Å². The molecule has 0 fully saturated rings. The molecule has 0 unspecified atom stereocenters. The summed E-state index contributed by atoms with van der Waals surface area (Å²) in [5.74, 6) is 1.28. The SMILES string of the molecule is Cc1ccc(Oc2ccc(S(=O)(=O)Nc3cc(Sc4nc5ccccc5s4)c(O)c4ccccc34)cc2)cc1. The molecule has 0 radical (unpaired) electrons. The highest BCUT2D eigenvalue weighted by atomic mass is 32.2. The van der Waals surface area contributed by atoms with Crippen LogP contribution in [-0.4, -0.2) is 18.5 Å². The standard InChI is InChI=1S/C30H22N2O4S3/c1-19-10-12-20(13-11-19)36-21-14-16-22(17-15-21)39(34,35)32-26-18-28(29(33)24-7-3-2-6-23(24)26)38-30-31-25-8-4-5-9-27(25)37-30/h2-18,32-33H,1H3. The van der Waals surface area contributed by atoms with Crippen LogP contribution in [0.5, 0.6) is 17.2 Å². The van der Waals surface area contributed by atoms with Crippen molar-refractivity contribution in [1.82, 2.24) is 4.98 Å². The molecule has 0 amide bonds. The molecule has 6 aromatic rings. The van der Waals surface area contributed by atoms with Crippen molar-refractivity contribution in [2.24, 2.45) is 0 Å². The van der Waals surface area contributed by atoms with E-state index >= 15 is 0 Å². The lowest BCUT2D eigenvalue weighted by molar-refractivity contribution is 0.469. The van der Waals surface area contributed by atoms with Crippen molar-refractivity contribution >= 4 is 59.8 Å². The summed E-state index contributed by atoms with van der Waals surface area (Å²) in [4.78, 5) is 5.24. The molecule has 5 aromatic carbocycles. The van der Waals surface area contributed by atoms with E-state index in [9.17, 15) is 13.5 Å². The monoisotopic (exact) mass is 570 g/mol. The van der Waals surface area contributed by atoms with Gasteiger partial charge in [0.1, 0.15) is 17.2 Å². The van der Waals surface area contributed by atoms with E-state index in [1.165, 1.54) is 35.2 Å². The van der Waals surface area contributed by atoms with Crippen molar-refractivity contribution in [2.75, 3.05) is 4.72 Å². The summed E-state index contributed by atoms with van der Waals surface area (Å²) in [5, 5.41) is 12.2. The lowest BCUT2D eigenvalue weighted by atomic mass is 10.1. The maximum atomic E-state index is 13.4. The number of ether oxygens (including phenoxy) is 1. The molecule has 0 saturated heterocycles. The van der Waals surface area contributed by atoms with Gasteiger partial charge < -0.3 is 9.84 Å². The van der Waals surface area contributed by atoms with Crippen LogP contribution in [-0.2, 0) is 10.0 Å². The van der Waals surface area contributed by atoms with E-state index in [1.54, 1.807) is 42.5 Å². The van der Waals surface area contributed by atoms with Gasteiger partial charge in [-0.2, -0.15) is 0 Å². The Balaban J connectivity index is 1.31. The van der Waals surface area contributed by atoms with Gasteiger partial charge in [-0.15, -0.1) is 11.3 Å². The molecule has 0 atom stereocenters. The van der Waals surface area contributed by atoms with Gasteiger partial charge in [0.2, 0.25) is 0 Å². The molecule has 0 aliphatic heterocycles. The molecular weight excluding hydrogens is 549 g/mol. The average Bonchev–Trinajstić information content (AvgIpc) is 3.35. The number of aromatic nitrogens is 1. The fourth-order valence-electron chi connectivity index (χ4n) is 4.12. The average molecular weight is 571 g/mol. The van der Waals surface area contributed by atoms with Crippen molar-refractivity contribution < 1.29 is 18.3 Å². The number of phenolic OH excluding ortho intramolecular Hbond substituents is 1. The molecule has 0 aliphatic rings. The number of nitrogens with zero attached hydrogens (tertiary/aromatic N) is 1. The predicted octanol–water partition coefficient (Wildman–Crippen LogP) is 8.21. The first kappa shape index (κ1) is 25.2. The number of benzene rings is 5. The van der Waals surface area contributed by atoms with Crippen LogP contribution >= 0.6 is 23.1 Å². The molecule has 1 aromatic heterocycles. The van der Waals surface area contributed by atoms with Crippen LogP contribution in [0.15, 0.2) is 117 Å². The molecule has 9 heteroatoms. The summed E-state index contributed by atoms with van der Waals surface area (Å²) in [6.07, 6.45) is 0. The highest BCUT2D eigenvalue weighted by Crippen LogP contribution is 2.44. The summed E-state index contributed by atoms with van der Waals surface area (Å²) in [6, 6.07) is 30.5. The second kappa shape index (κ2) is 10.3. The van der Waals surface area contributed by atoms with Crippen LogP contribution in [0, 0.1) is 6.92 Å². The molecule has 0 bridgehead atoms. The Morgan fingerprint density at radius 1 is 0.846 bits per heavy atom. The van der Waals surface area contributed by atoms with Crippen LogP contribution < -0.4 is 9.46 Å². The van der Waals surface area contributed by atoms with E-state index in [0.717, 1.165) is 20.1 Å². The molecule has 0 spiro atoms. The van der Waals surface area contributed by atoms with Crippen LogP contribution in [0.1, 0.15) is 5.56 Å². The Hall–Kier alpha value is -4.05. The van der Waals surface area contributed by atoms with E-state index in [0.29, 0.717) is 32.9 Å². The van der Waals surface area contributed by atoms with Gasteiger partial charge >= 0.3 is 0 Å². The first-order chi connectivity index (χ1) is 18.9. The van der Waals surface area contributed by atoms with Crippen molar-refractivity contribution in [3.05, 3.63) is 109 Å². The maximum Gasteiger partial charge on any atom is 0.261 e. The van der Waals surface area contributed by atoms with Gasteiger partial charge in [0.25, 0.3) is 10.0 Å². The van der Waals surface area contributed by atoms with Crippen molar-refractivity contribution in [3.8, 4) is 17.2 Å². The summed E-state index contributed by atoms with van der Waals surface area (Å²) in [7, 11) is -3.93. The number of thiazole rings is 1. The van der Waals surface area contributed by atoms with Crippen molar-refractivity contribution in [1.29, 1.82) is 0 Å². The predicted molar refractivity (Wildman–Crippen MR) is 158 cm³/mol. The quantitative estimate of drug-likeness (QED) is 0.188. The first-order valence-corrected chi connectivity index (χ1v) is 15.1. The number of hydrogen-bond acceptors (Lipinski definition) is 7. The molecule has 2 N–H and O–H groups in total. The smallest absolute Gasteiger partial charge is 0.261 e. The highest BCUT2D eigenvalue weighted by molar-refractivity contribution is 8.01. The zero-order valence-electron chi connectivity index (χ0n) is 20.7. The molecule has 0 aliphatic carbocycles. The lowest BCUT2D eigenvalue weighted by Gasteiger charge is -2.15. The molecule has 6 rings (SSSR count). The zero-order valence-corrected chi connectivity index (χ0v) is 23.1. The van der Waals surface area contributed by atoms with E-state index in [-0.39, 0.29) is 10.6 Å². The first-order valence-electron chi connectivity index (χ1n) is 12.0. The third-order valence-corrected chi connectivity index (χ3v) is 9.60. The van der Waals surface area contributed by atoms with Crippen LogP contribution in [0.2, 0.25) is 0 Å². The second-order valence-electron chi connectivity index (χ2n) is 8.86.